The average Bonchev–Trinajstić information content (AvgIpc) is 2.64. The molecule has 1 aromatic rings. The molecule has 5 heteroatoms. The molecule has 1 unspecified atom stereocenters. The van der Waals surface area contributed by atoms with Gasteiger partial charge in [0.2, 0.25) is 0 Å². The second-order valence-corrected chi connectivity index (χ2v) is 6.52. The van der Waals surface area contributed by atoms with Crippen molar-refractivity contribution in [3.05, 3.63) is 29.8 Å². The zero-order valence-corrected chi connectivity index (χ0v) is 16.2. The number of unbranched alkanes of at least 4 members (excludes halogenated alkanes) is 2. The fourth-order valence-electron chi connectivity index (χ4n) is 2.75. The predicted octanol–water partition coefficient (Wildman–Crippen LogP) is 4.58. The molecule has 0 bridgehead atoms. The van der Waals surface area contributed by atoms with Crippen LogP contribution < -0.4 is 0 Å². The fraction of sp³-hybridized carbons (Fsp3) is 0.667. The number of hydrogen-bond donors (Lipinski definition) is 1. The lowest BCUT2D eigenvalue weighted by molar-refractivity contribution is 0.00763. The molecule has 0 aliphatic heterocycles. The SMILES string of the molecule is CCCCCC(CCC)COCCOCCOC(=O)c1ccc(O)cc1. The second-order valence-electron chi connectivity index (χ2n) is 6.52. The summed E-state index contributed by atoms with van der Waals surface area (Å²) in [6, 6.07) is 5.97. The highest BCUT2D eigenvalue weighted by molar-refractivity contribution is 5.89. The summed E-state index contributed by atoms with van der Waals surface area (Å²) in [5.41, 5.74) is 0.413. The van der Waals surface area contributed by atoms with Crippen molar-refractivity contribution in [2.45, 2.75) is 52.4 Å². The Kier molecular flexibility index (Phi) is 12.6. The molecule has 0 saturated carbocycles. The summed E-state index contributed by atoms with van der Waals surface area (Å²) in [6.07, 6.45) is 7.50. The summed E-state index contributed by atoms with van der Waals surface area (Å²) in [4.78, 5) is 11.8. The van der Waals surface area contributed by atoms with Crippen LogP contribution in [0.3, 0.4) is 0 Å². The molecule has 1 atom stereocenters. The van der Waals surface area contributed by atoms with E-state index in [0.29, 0.717) is 31.3 Å². The Bertz CT molecular complexity index is 472. The molecule has 0 saturated heterocycles. The Morgan fingerprint density at radius 3 is 2.31 bits per heavy atom. The summed E-state index contributed by atoms with van der Waals surface area (Å²) in [5.74, 6) is 0.355. The minimum atomic E-state index is -0.417. The summed E-state index contributed by atoms with van der Waals surface area (Å²) >= 11 is 0. The third-order valence-electron chi connectivity index (χ3n) is 4.20. The van der Waals surface area contributed by atoms with Crippen molar-refractivity contribution in [2.75, 3.05) is 33.0 Å². The van der Waals surface area contributed by atoms with Crippen LogP contribution in [0.4, 0.5) is 0 Å². The van der Waals surface area contributed by atoms with Gasteiger partial charge in [-0.2, -0.15) is 0 Å². The van der Waals surface area contributed by atoms with Crippen molar-refractivity contribution in [3.63, 3.8) is 0 Å². The van der Waals surface area contributed by atoms with Crippen LogP contribution in [0, 0.1) is 5.92 Å². The third-order valence-corrected chi connectivity index (χ3v) is 4.20. The summed E-state index contributed by atoms with van der Waals surface area (Å²) in [6.45, 7) is 6.87. The Balaban J connectivity index is 2.02. The van der Waals surface area contributed by atoms with E-state index in [1.165, 1.54) is 62.8 Å². The highest BCUT2D eigenvalue weighted by Gasteiger charge is 2.08. The minimum Gasteiger partial charge on any atom is -0.508 e. The van der Waals surface area contributed by atoms with Crippen LogP contribution in [-0.2, 0) is 14.2 Å². The smallest absolute Gasteiger partial charge is 0.338 e. The molecule has 1 rings (SSSR count). The molecule has 0 aliphatic carbocycles. The quantitative estimate of drug-likeness (QED) is 0.364. The lowest BCUT2D eigenvalue weighted by Gasteiger charge is -2.16. The monoisotopic (exact) mass is 366 g/mol. The van der Waals surface area contributed by atoms with E-state index < -0.39 is 5.97 Å². The first-order valence-corrected chi connectivity index (χ1v) is 9.79. The molecule has 0 radical (unpaired) electrons. The highest BCUT2D eigenvalue weighted by atomic mass is 16.6. The van der Waals surface area contributed by atoms with Crippen LogP contribution in [0.2, 0.25) is 0 Å². The van der Waals surface area contributed by atoms with E-state index >= 15 is 0 Å². The Hall–Kier alpha value is -1.59. The van der Waals surface area contributed by atoms with Gasteiger partial charge in [0.25, 0.3) is 0 Å². The molecule has 0 aromatic heterocycles. The number of benzene rings is 1. The van der Waals surface area contributed by atoms with E-state index in [9.17, 15) is 9.90 Å². The molecule has 1 N–H and O–H groups in total. The van der Waals surface area contributed by atoms with Gasteiger partial charge < -0.3 is 19.3 Å². The van der Waals surface area contributed by atoms with Crippen molar-refractivity contribution in [3.8, 4) is 5.75 Å². The van der Waals surface area contributed by atoms with Crippen molar-refractivity contribution in [1.29, 1.82) is 0 Å². The summed E-state index contributed by atoms with van der Waals surface area (Å²) < 4.78 is 16.3. The third kappa shape index (κ3) is 10.4. The van der Waals surface area contributed by atoms with Gasteiger partial charge >= 0.3 is 5.97 Å². The first kappa shape index (κ1) is 22.5. The molecule has 1 aromatic carbocycles. The van der Waals surface area contributed by atoms with E-state index in [1.807, 2.05) is 0 Å². The molecule has 0 fully saturated rings. The van der Waals surface area contributed by atoms with E-state index in [2.05, 4.69) is 13.8 Å². The number of phenolic OH excluding ortho intramolecular Hbond substituents is 1. The Morgan fingerprint density at radius 2 is 1.62 bits per heavy atom. The number of aromatic hydroxyl groups is 1. The molecule has 26 heavy (non-hydrogen) atoms. The average molecular weight is 366 g/mol. The Morgan fingerprint density at radius 1 is 0.923 bits per heavy atom. The van der Waals surface area contributed by atoms with Crippen LogP contribution in [-0.4, -0.2) is 44.1 Å². The molecule has 0 aliphatic rings. The van der Waals surface area contributed by atoms with Gasteiger partial charge in [-0.3, -0.25) is 0 Å². The molecule has 148 valence electrons. The van der Waals surface area contributed by atoms with Gasteiger partial charge in [0, 0.05) is 6.61 Å². The predicted molar refractivity (Wildman–Crippen MR) is 103 cm³/mol. The molecular weight excluding hydrogens is 332 g/mol. The first-order valence-electron chi connectivity index (χ1n) is 9.79. The van der Waals surface area contributed by atoms with Gasteiger partial charge in [-0.1, -0.05) is 39.5 Å². The van der Waals surface area contributed by atoms with Crippen LogP contribution in [0.1, 0.15) is 62.7 Å². The minimum absolute atomic E-state index is 0.122. The van der Waals surface area contributed by atoms with Gasteiger partial charge in [0.05, 0.1) is 25.4 Å². The number of rotatable bonds is 15. The molecule has 0 spiro atoms. The number of carbonyl (C=O) groups is 1. The summed E-state index contributed by atoms with van der Waals surface area (Å²) in [5, 5.41) is 9.19. The van der Waals surface area contributed by atoms with Gasteiger partial charge in [0.1, 0.15) is 12.4 Å². The van der Waals surface area contributed by atoms with Crippen LogP contribution >= 0.6 is 0 Å². The maximum atomic E-state index is 11.8. The molecule has 0 heterocycles. The highest BCUT2D eigenvalue weighted by Crippen LogP contribution is 2.16. The van der Waals surface area contributed by atoms with Crippen molar-refractivity contribution in [2.24, 2.45) is 5.92 Å². The maximum absolute atomic E-state index is 11.8. The molecule has 5 nitrogen and oxygen atoms in total. The first-order chi connectivity index (χ1) is 12.7. The van der Waals surface area contributed by atoms with E-state index in [1.54, 1.807) is 0 Å². The lowest BCUT2D eigenvalue weighted by Crippen LogP contribution is -2.15. The number of phenols is 1. The number of ether oxygens (including phenoxy) is 3. The van der Waals surface area contributed by atoms with E-state index in [4.69, 9.17) is 14.2 Å². The van der Waals surface area contributed by atoms with Crippen LogP contribution in [0.25, 0.3) is 0 Å². The van der Waals surface area contributed by atoms with Gasteiger partial charge in [-0.25, -0.2) is 4.79 Å². The molecule has 0 amide bonds. The summed E-state index contributed by atoms with van der Waals surface area (Å²) in [7, 11) is 0. The zero-order chi connectivity index (χ0) is 19.0. The van der Waals surface area contributed by atoms with E-state index in [0.717, 1.165) is 6.61 Å². The fourth-order valence-corrected chi connectivity index (χ4v) is 2.75. The zero-order valence-electron chi connectivity index (χ0n) is 16.2. The van der Waals surface area contributed by atoms with Crippen molar-refractivity contribution in [1.82, 2.24) is 0 Å². The topological polar surface area (TPSA) is 65.0 Å². The van der Waals surface area contributed by atoms with Crippen LogP contribution in [0.15, 0.2) is 24.3 Å². The standard InChI is InChI=1S/C21H34O5/c1-3-5-6-8-18(7-4-2)17-25-14-13-24-15-16-26-21(23)19-9-11-20(22)12-10-19/h9-12,18,22H,3-8,13-17H2,1-2H3. The normalized spacial score (nSPS) is 12.1. The van der Waals surface area contributed by atoms with Crippen LogP contribution in [0.5, 0.6) is 5.75 Å². The van der Waals surface area contributed by atoms with Gasteiger partial charge in [-0.05, 0) is 43.0 Å². The van der Waals surface area contributed by atoms with Gasteiger partial charge in [0.15, 0.2) is 0 Å². The van der Waals surface area contributed by atoms with Gasteiger partial charge in [-0.15, -0.1) is 0 Å². The Labute approximate surface area is 157 Å². The number of carbonyl (C=O) groups excluding carboxylic acids is 1. The second kappa shape index (κ2) is 14.6. The maximum Gasteiger partial charge on any atom is 0.338 e. The number of hydrogen-bond acceptors (Lipinski definition) is 5. The lowest BCUT2D eigenvalue weighted by atomic mass is 9.97. The number of esters is 1. The van der Waals surface area contributed by atoms with Crippen molar-refractivity contribution < 1.29 is 24.1 Å². The van der Waals surface area contributed by atoms with Crippen molar-refractivity contribution >= 4 is 5.97 Å². The largest absolute Gasteiger partial charge is 0.508 e. The molecular formula is C21H34O5. The van der Waals surface area contributed by atoms with E-state index in [-0.39, 0.29) is 12.4 Å².